The molecule has 1 saturated carbocycles. The molecule has 1 N–H and O–H groups in total. The Morgan fingerprint density at radius 1 is 1.41 bits per heavy atom. The zero-order chi connectivity index (χ0) is 12.5. The second kappa shape index (κ2) is 4.35. The first-order valence-corrected chi connectivity index (χ1v) is 5.68. The fourth-order valence-corrected chi connectivity index (χ4v) is 2.03. The molecular weight excluding hydrogens is 221 g/mol. The number of hydrogen-bond donors (Lipinski definition) is 1. The van der Waals surface area contributed by atoms with Crippen LogP contribution in [0.25, 0.3) is 0 Å². The topological polar surface area (TPSA) is 38.3 Å². The van der Waals surface area contributed by atoms with Crippen molar-refractivity contribution in [3.8, 4) is 0 Å². The molecule has 92 valence electrons. The molecule has 0 aliphatic heterocycles. The summed E-state index contributed by atoms with van der Waals surface area (Å²) in [6.07, 6.45) is 2.03. The molecule has 3 nitrogen and oxygen atoms in total. The summed E-state index contributed by atoms with van der Waals surface area (Å²) < 4.78 is 17.6. The molecule has 1 aliphatic carbocycles. The first-order valence-electron chi connectivity index (χ1n) is 5.68. The number of carbonyl (C=O) groups is 1. The van der Waals surface area contributed by atoms with Gasteiger partial charge < -0.3 is 10.1 Å². The average Bonchev–Trinajstić information content (AvgIpc) is 3.15. The highest BCUT2D eigenvalue weighted by Gasteiger charge is 2.48. The summed E-state index contributed by atoms with van der Waals surface area (Å²) in [6, 6.07) is 5.98. The molecule has 0 saturated heterocycles. The van der Waals surface area contributed by atoms with Crippen LogP contribution in [0.4, 0.5) is 10.1 Å². The second-order valence-corrected chi connectivity index (χ2v) is 4.60. The summed E-state index contributed by atoms with van der Waals surface area (Å²) in [5.41, 5.74) is 0.0123. The predicted octanol–water partition coefficient (Wildman–Crippen LogP) is 2.58. The summed E-state index contributed by atoms with van der Waals surface area (Å²) in [5, 5.41) is 3.15. The van der Waals surface area contributed by atoms with Crippen molar-refractivity contribution in [2.24, 2.45) is 5.92 Å². The molecule has 0 amide bonds. The van der Waals surface area contributed by atoms with E-state index in [1.165, 1.54) is 19.2 Å². The third-order valence-corrected chi connectivity index (χ3v) is 3.25. The Bertz CT molecular complexity index is 414. The average molecular weight is 237 g/mol. The molecule has 17 heavy (non-hydrogen) atoms. The monoisotopic (exact) mass is 237 g/mol. The van der Waals surface area contributed by atoms with Gasteiger partial charge in [0.1, 0.15) is 11.4 Å². The lowest BCUT2D eigenvalue weighted by molar-refractivity contribution is -0.146. The van der Waals surface area contributed by atoms with Gasteiger partial charge in [-0.3, -0.25) is 0 Å². The minimum Gasteiger partial charge on any atom is -0.467 e. The van der Waals surface area contributed by atoms with Crippen LogP contribution in [0.5, 0.6) is 0 Å². The van der Waals surface area contributed by atoms with E-state index in [9.17, 15) is 9.18 Å². The van der Waals surface area contributed by atoms with Gasteiger partial charge in [0.05, 0.1) is 7.11 Å². The highest BCUT2D eigenvalue weighted by Crippen LogP contribution is 2.42. The molecule has 0 spiro atoms. The van der Waals surface area contributed by atoms with Crippen LogP contribution >= 0.6 is 0 Å². The minimum absolute atomic E-state index is 0.274. The molecule has 1 aliphatic rings. The van der Waals surface area contributed by atoms with Gasteiger partial charge in [-0.2, -0.15) is 0 Å². The van der Waals surface area contributed by atoms with Gasteiger partial charge >= 0.3 is 5.97 Å². The summed E-state index contributed by atoms with van der Waals surface area (Å²) in [6.45, 7) is 1.83. The van der Waals surface area contributed by atoms with E-state index in [0.29, 0.717) is 5.92 Å². The fraction of sp³-hybridized carbons (Fsp3) is 0.462. The van der Waals surface area contributed by atoms with Gasteiger partial charge in [0.15, 0.2) is 0 Å². The van der Waals surface area contributed by atoms with Crippen LogP contribution in [0, 0.1) is 11.7 Å². The van der Waals surface area contributed by atoms with Gasteiger partial charge in [-0.1, -0.05) is 0 Å². The van der Waals surface area contributed by atoms with Gasteiger partial charge in [-0.05, 0) is 49.9 Å². The van der Waals surface area contributed by atoms with E-state index in [0.717, 1.165) is 18.5 Å². The zero-order valence-electron chi connectivity index (χ0n) is 10.00. The van der Waals surface area contributed by atoms with Crippen molar-refractivity contribution in [3.63, 3.8) is 0 Å². The number of ether oxygens (including phenoxy) is 1. The van der Waals surface area contributed by atoms with Crippen molar-refractivity contribution in [3.05, 3.63) is 30.1 Å². The van der Waals surface area contributed by atoms with Crippen LogP contribution in [0.15, 0.2) is 24.3 Å². The number of methoxy groups -OCH3 is 1. The van der Waals surface area contributed by atoms with Gasteiger partial charge in [0.25, 0.3) is 0 Å². The Labute approximate surface area is 100.0 Å². The molecular formula is C13H16FNO2. The van der Waals surface area contributed by atoms with Gasteiger partial charge in [-0.15, -0.1) is 0 Å². The smallest absolute Gasteiger partial charge is 0.331 e. The lowest BCUT2D eigenvalue weighted by atomic mass is 9.95. The van der Waals surface area contributed by atoms with Crippen LogP contribution in [0.3, 0.4) is 0 Å². The number of hydrogen-bond acceptors (Lipinski definition) is 3. The van der Waals surface area contributed by atoms with Crippen molar-refractivity contribution < 1.29 is 13.9 Å². The Hall–Kier alpha value is -1.58. The third-order valence-electron chi connectivity index (χ3n) is 3.25. The maximum absolute atomic E-state index is 12.8. The van der Waals surface area contributed by atoms with Crippen LogP contribution in [-0.2, 0) is 9.53 Å². The van der Waals surface area contributed by atoms with E-state index in [1.54, 1.807) is 12.1 Å². The maximum atomic E-state index is 12.8. The normalized spacial score (nSPS) is 18.3. The van der Waals surface area contributed by atoms with Gasteiger partial charge in [0, 0.05) is 5.69 Å². The van der Waals surface area contributed by atoms with Crippen molar-refractivity contribution in [1.29, 1.82) is 0 Å². The Morgan fingerprint density at radius 2 is 2.00 bits per heavy atom. The molecule has 1 aromatic rings. The van der Waals surface area contributed by atoms with Crippen molar-refractivity contribution >= 4 is 11.7 Å². The minimum atomic E-state index is -0.716. The van der Waals surface area contributed by atoms with Gasteiger partial charge in [0.2, 0.25) is 0 Å². The van der Waals surface area contributed by atoms with Crippen molar-refractivity contribution in [2.75, 3.05) is 12.4 Å². The largest absolute Gasteiger partial charge is 0.467 e. The lowest BCUT2D eigenvalue weighted by Gasteiger charge is -2.29. The van der Waals surface area contributed by atoms with Crippen molar-refractivity contribution in [2.45, 2.75) is 25.3 Å². The number of benzene rings is 1. The standard InChI is InChI=1S/C13H16FNO2/c1-13(9-3-4-9,12(16)17-2)15-11-7-5-10(14)6-8-11/h5-9,15H,3-4H2,1-2H3. The second-order valence-electron chi connectivity index (χ2n) is 4.60. The molecule has 0 radical (unpaired) electrons. The number of carbonyl (C=O) groups excluding carboxylic acids is 1. The summed E-state index contributed by atoms with van der Waals surface area (Å²) in [5.74, 6) is -0.272. The first kappa shape index (κ1) is 11.9. The first-order chi connectivity index (χ1) is 8.06. The Kier molecular flexibility index (Phi) is 3.05. The summed E-state index contributed by atoms with van der Waals surface area (Å²) >= 11 is 0. The molecule has 4 heteroatoms. The van der Waals surface area contributed by atoms with E-state index < -0.39 is 5.54 Å². The van der Waals surface area contributed by atoms with Crippen molar-refractivity contribution in [1.82, 2.24) is 0 Å². The van der Waals surface area contributed by atoms with E-state index >= 15 is 0 Å². The summed E-state index contributed by atoms with van der Waals surface area (Å²) in [7, 11) is 1.38. The Balaban J connectivity index is 2.18. The molecule has 1 atom stereocenters. The molecule has 1 fully saturated rings. The molecule has 0 aromatic heterocycles. The highest BCUT2D eigenvalue weighted by molar-refractivity contribution is 5.85. The quantitative estimate of drug-likeness (QED) is 0.818. The number of esters is 1. The number of rotatable bonds is 4. The zero-order valence-corrected chi connectivity index (χ0v) is 10.00. The lowest BCUT2D eigenvalue weighted by Crippen LogP contribution is -2.46. The van der Waals surface area contributed by atoms with Crippen LogP contribution in [-0.4, -0.2) is 18.6 Å². The fourth-order valence-electron chi connectivity index (χ4n) is 2.03. The molecule has 1 unspecified atom stereocenters. The Morgan fingerprint density at radius 3 is 2.47 bits per heavy atom. The highest BCUT2D eigenvalue weighted by atomic mass is 19.1. The number of halogens is 1. The SMILES string of the molecule is COC(=O)C(C)(Nc1ccc(F)cc1)C1CC1. The number of nitrogens with one attached hydrogen (secondary N) is 1. The number of anilines is 1. The van der Waals surface area contributed by atoms with E-state index in [2.05, 4.69) is 5.32 Å². The van der Waals surface area contributed by atoms with E-state index in [1.807, 2.05) is 6.92 Å². The van der Waals surface area contributed by atoms with Crippen LogP contribution in [0.1, 0.15) is 19.8 Å². The van der Waals surface area contributed by atoms with Crippen LogP contribution in [0.2, 0.25) is 0 Å². The molecule has 1 aromatic carbocycles. The molecule has 0 bridgehead atoms. The molecule has 2 rings (SSSR count). The predicted molar refractivity (Wildman–Crippen MR) is 63.2 cm³/mol. The van der Waals surface area contributed by atoms with Gasteiger partial charge in [-0.25, -0.2) is 9.18 Å². The van der Waals surface area contributed by atoms with Crippen LogP contribution < -0.4 is 5.32 Å². The molecule has 0 heterocycles. The maximum Gasteiger partial charge on any atom is 0.331 e. The third kappa shape index (κ3) is 2.40. The van der Waals surface area contributed by atoms with E-state index in [4.69, 9.17) is 4.74 Å². The van der Waals surface area contributed by atoms with E-state index in [-0.39, 0.29) is 11.8 Å². The summed E-state index contributed by atoms with van der Waals surface area (Å²) in [4.78, 5) is 11.8.